The first-order valence-electron chi connectivity index (χ1n) is 8.45. The van der Waals surface area contributed by atoms with Gasteiger partial charge in [-0.15, -0.1) is 0 Å². The van der Waals surface area contributed by atoms with Crippen LogP contribution < -0.4 is 15.5 Å². The lowest BCUT2D eigenvalue weighted by molar-refractivity contribution is -0.137. The number of nitrogens with two attached hydrogens (primary N) is 1. The molecule has 0 spiro atoms. The van der Waals surface area contributed by atoms with Crippen LogP contribution in [0.15, 0.2) is 36.4 Å². The van der Waals surface area contributed by atoms with Crippen LogP contribution in [0.25, 0.3) is 0 Å². The molecule has 1 heterocycles. The highest BCUT2D eigenvalue weighted by Gasteiger charge is 2.53. The van der Waals surface area contributed by atoms with E-state index in [-0.39, 0.29) is 11.4 Å². The highest BCUT2D eigenvalue weighted by Crippen LogP contribution is 2.40. The number of benzene rings is 2. The van der Waals surface area contributed by atoms with Crippen molar-refractivity contribution in [1.29, 1.82) is 0 Å². The number of halogens is 4. The monoisotopic (exact) mass is 425 g/mol. The summed E-state index contributed by atoms with van der Waals surface area (Å²) in [5, 5.41) is 8.94. The molecule has 30 heavy (non-hydrogen) atoms. The van der Waals surface area contributed by atoms with Crippen LogP contribution in [0.2, 0.25) is 0 Å². The number of nitrogen functional groups attached to an aromatic ring is 1. The lowest BCUT2D eigenvalue weighted by Crippen LogP contribution is -2.44. The average Bonchev–Trinajstić information content (AvgIpc) is 2.79. The Labute approximate surface area is 167 Å². The van der Waals surface area contributed by atoms with E-state index < -0.39 is 52.3 Å². The minimum absolute atomic E-state index is 0.130. The Kier molecular flexibility index (Phi) is 4.72. The SMILES string of the molecule is CC1(C)C(=O)N(c2ccc(N)c(C(F)(F)F)c2)C(=O)N1c1ccc(C(=O)O)c(F)c1. The molecule has 1 aliphatic heterocycles. The predicted octanol–water partition coefficient (Wildman–Crippen LogP) is 3.88. The Balaban J connectivity index is 2.10. The Hall–Kier alpha value is -3.63. The zero-order chi connectivity index (χ0) is 22.6. The third kappa shape index (κ3) is 3.21. The maximum absolute atomic E-state index is 14.1. The Bertz CT molecular complexity index is 1080. The van der Waals surface area contributed by atoms with Gasteiger partial charge in [0.1, 0.15) is 11.4 Å². The number of carbonyl (C=O) groups excluding carboxylic acids is 2. The van der Waals surface area contributed by atoms with Crippen molar-refractivity contribution in [2.45, 2.75) is 25.6 Å². The number of amides is 3. The molecule has 0 bridgehead atoms. The van der Waals surface area contributed by atoms with Crippen LogP contribution in [0.5, 0.6) is 0 Å². The van der Waals surface area contributed by atoms with Crippen molar-refractivity contribution in [1.82, 2.24) is 0 Å². The summed E-state index contributed by atoms with van der Waals surface area (Å²) >= 11 is 0. The molecule has 7 nitrogen and oxygen atoms in total. The summed E-state index contributed by atoms with van der Waals surface area (Å²) < 4.78 is 53.7. The largest absolute Gasteiger partial charge is 0.478 e. The fraction of sp³-hybridized carbons (Fsp3) is 0.211. The van der Waals surface area contributed by atoms with E-state index in [1.807, 2.05) is 0 Å². The van der Waals surface area contributed by atoms with Crippen LogP contribution in [0.3, 0.4) is 0 Å². The molecule has 0 aliphatic carbocycles. The molecule has 0 unspecified atom stereocenters. The van der Waals surface area contributed by atoms with Gasteiger partial charge in [0.05, 0.1) is 16.8 Å². The van der Waals surface area contributed by atoms with Crippen molar-refractivity contribution >= 4 is 35.0 Å². The summed E-state index contributed by atoms with van der Waals surface area (Å²) in [6.45, 7) is 2.66. The lowest BCUT2D eigenvalue weighted by atomic mass is 10.0. The van der Waals surface area contributed by atoms with Crippen molar-refractivity contribution < 1.29 is 37.1 Å². The number of carbonyl (C=O) groups is 3. The fourth-order valence-electron chi connectivity index (χ4n) is 3.20. The van der Waals surface area contributed by atoms with E-state index in [2.05, 4.69) is 0 Å². The van der Waals surface area contributed by atoms with E-state index in [9.17, 15) is 31.9 Å². The van der Waals surface area contributed by atoms with Gasteiger partial charge in [0.25, 0.3) is 5.91 Å². The number of anilines is 3. The minimum atomic E-state index is -4.81. The zero-order valence-electron chi connectivity index (χ0n) is 15.6. The summed E-state index contributed by atoms with van der Waals surface area (Å²) in [6, 6.07) is 4.40. The van der Waals surface area contributed by atoms with Gasteiger partial charge in [-0.2, -0.15) is 13.2 Å². The molecule has 0 aromatic heterocycles. The molecule has 2 aromatic carbocycles. The standard InChI is InChI=1S/C19H15F4N3O4/c1-18(2)16(29)25(9-4-6-14(24)12(7-9)19(21,22)23)17(30)26(18)10-3-5-11(15(27)28)13(20)8-10/h3-8H,24H2,1-2H3,(H,27,28). The number of carboxylic acids is 1. The van der Waals surface area contributed by atoms with Gasteiger partial charge in [0.15, 0.2) is 0 Å². The second kappa shape index (κ2) is 6.71. The fourth-order valence-corrected chi connectivity index (χ4v) is 3.20. The van der Waals surface area contributed by atoms with Gasteiger partial charge < -0.3 is 10.8 Å². The normalized spacial score (nSPS) is 16.3. The molecule has 158 valence electrons. The second-order valence-electron chi connectivity index (χ2n) is 7.06. The molecular formula is C19H15F4N3O4. The summed E-state index contributed by atoms with van der Waals surface area (Å²) in [6.07, 6.45) is -4.81. The number of hydrogen-bond acceptors (Lipinski definition) is 4. The van der Waals surface area contributed by atoms with Gasteiger partial charge in [-0.1, -0.05) is 0 Å². The highest BCUT2D eigenvalue weighted by atomic mass is 19.4. The van der Waals surface area contributed by atoms with E-state index in [1.165, 1.54) is 13.8 Å². The quantitative estimate of drug-likeness (QED) is 0.441. The molecule has 2 aromatic rings. The first-order chi connectivity index (χ1) is 13.8. The molecule has 3 rings (SSSR count). The van der Waals surface area contributed by atoms with Crippen LogP contribution in [0.1, 0.15) is 29.8 Å². The van der Waals surface area contributed by atoms with Crippen molar-refractivity contribution in [2.24, 2.45) is 0 Å². The molecule has 1 aliphatic rings. The molecule has 1 fully saturated rings. The van der Waals surface area contributed by atoms with Crippen LogP contribution in [-0.2, 0) is 11.0 Å². The number of aromatic carboxylic acids is 1. The molecule has 1 saturated heterocycles. The van der Waals surface area contributed by atoms with Crippen molar-refractivity contribution in [3.05, 3.63) is 53.3 Å². The molecule has 3 amide bonds. The van der Waals surface area contributed by atoms with Gasteiger partial charge in [0.2, 0.25) is 0 Å². The number of hydrogen-bond donors (Lipinski definition) is 2. The van der Waals surface area contributed by atoms with Gasteiger partial charge in [0, 0.05) is 11.4 Å². The first-order valence-corrected chi connectivity index (χ1v) is 8.45. The van der Waals surface area contributed by atoms with Crippen molar-refractivity contribution in [3.63, 3.8) is 0 Å². The first kappa shape index (κ1) is 21.1. The molecule has 0 atom stereocenters. The Morgan fingerprint density at radius 2 is 1.67 bits per heavy atom. The third-order valence-electron chi connectivity index (χ3n) is 4.71. The third-order valence-corrected chi connectivity index (χ3v) is 4.71. The zero-order valence-corrected chi connectivity index (χ0v) is 15.6. The minimum Gasteiger partial charge on any atom is -0.478 e. The lowest BCUT2D eigenvalue weighted by Gasteiger charge is -2.27. The van der Waals surface area contributed by atoms with Gasteiger partial charge in [-0.3, -0.25) is 9.69 Å². The number of urea groups is 1. The van der Waals surface area contributed by atoms with E-state index in [0.29, 0.717) is 11.0 Å². The summed E-state index contributed by atoms with van der Waals surface area (Å²) in [5.74, 6) is -3.51. The Morgan fingerprint density at radius 1 is 1.07 bits per heavy atom. The van der Waals surface area contributed by atoms with Crippen LogP contribution in [0, 0.1) is 5.82 Å². The number of alkyl halides is 3. The summed E-state index contributed by atoms with van der Waals surface area (Å²) in [4.78, 5) is 38.3. The smallest absolute Gasteiger partial charge is 0.418 e. The van der Waals surface area contributed by atoms with Crippen LogP contribution >= 0.6 is 0 Å². The van der Waals surface area contributed by atoms with E-state index in [0.717, 1.165) is 35.2 Å². The number of imide groups is 1. The van der Waals surface area contributed by atoms with Crippen LogP contribution in [-0.4, -0.2) is 28.6 Å². The van der Waals surface area contributed by atoms with Gasteiger partial charge in [-0.25, -0.2) is 18.9 Å². The molecular weight excluding hydrogens is 410 g/mol. The molecule has 0 saturated carbocycles. The van der Waals surface area contributed by atoms with E-state index in [1.54, 1.807) is 0 Å². The van der Waals surface area contributed by atoms with Crippen LogP contribution in [0.4, 0.5) is 39.4 Å². The highest BCUT2D eigenvalue weighted by molar-refractivity contribution is 6.30. The van der Waals surface area contributed by atoms with E-state index in [4.69, 9.17) is 10.8 Å². The molecule has 0 radical (unpaired) electrons. The number of nitrogens with zero attached hydrogens (tertiary/aromatic N) is 2. The predicted molar refractivity (Wildman–Crippen MR) is 98.7 cm³/mol. The topological polar surface area (TPSA) is 104 Å². The van der Waals surface area contributed by atoms with Gasteiger partial charge in [-0.05, 0) is 50.2 Å². The Morgan fingerprint density at radius 3 is 2.20 bits per heavy atom. The molecule has 11 heteroatoms. The van der Waals surface area contributed by atoms with Gasteiger partial charge >= 0.3 is 18.2 Å². The maximum Gasteiger partial charge on any atom is 0.418 e. The average molecular weight is 425 g/mol. The van der Waals surface area contributed by atoms with Crippen molar-refractivity contribution in [3.8, 4) is 0 Å². The summed E-state index contributed by atoms with van der Waals surface area (Å²) in [7, 11) is 0. The van der Waals surface area contributed by atoms with E-state index >= 15 is 0 Å². The maximum atomic E-state index is 14.1. The number of carboxylic acid groups (broad SMARTS) is 1. The molecule has 3 N–H and O–H groups in total. The summed E-state index contributed by atoms with van der Waals surface area (Å²) in [5.41, 5.74) is 0.857. The van der Waals surface area contributed by atoms with Crippen molar-refractivity contribution in [2.75, 3.05) is 15.5 Å². The second-order valence-corrected chi connectivity index (χ2v) is 7.06. The number of rotatable bonds is 3.